The van der Waals surface area contributed by atoms with E-state index in [0.717, 1.165) is 48.7 Å². The molecular weight excluding hydrogens is 382 g/mol. The summed E-state index contributed by atoms with van der Waals surface area (Å²) in [7, 11) is 1.97. The zero-order valence-corrected chi connectivity index (χ0v) is 17.6. The van der Waals surface area contributed by atoms with Crippen molar-refractivity contribution in [3.05, 3.63) is 59.6 Å². The number of para-hydroxylation sites is 2. The molecule has 1 fully saturated rings. The summed E-state index contributed by atoms with van der Waals surface area (Å²) in [5.41, 5.74) is 1.06. The molecule has 1 aliphatic rings. The number of benzene rings is 2. The molecule has 1 amide bonds. The lowest BCUT2D eigenvalue weighted by Gasteiger charge is -2.33. The normalized spacial score (nSPS) is 17.0. The lowest BCUT2D eigenvalue weighted by atomic mass is 9.98. The Kier molecular flexibility index (Phi) is 6.42. The molecule has 1 atom stereocenters. The Balaban J connectivity index is 1.28. The molecular formula is C23H27N3O2S. The molecule has 1 aliphatic heterocycles. The van der Waals surface area contributed by atoms with Gasteiger partial charge in [0, 0.05) is 25.6 Å². The van der Waals surface area contributed by atoms with Gasteiger partial charge in [-0.15, -0.1) is 11.3 Å². The summed E-state index contributed by atoms with van der Waals surface area (Å²) in [4.78, 5) is 21.7. The van der Waals surface area contributed by atoms with Crippen molar-refractivity contribution in [2.75, 3.05) is 39.8 Å². The van der Waals surface area contributed by atoms with E-state index in [-0.39, 0.29) is 5.91 Å². The van der Waals surface area contributed by atoms with Gasteiger partial charge in [-0.3, -0.25) is 9.69 Å². The van der Waals surface area contributed by atoms with Gasteiger partial charge in [0.15, 0.2) is 0 Å². The number of piperidine rings is 1. The van der Waals surface area contributed by atoms with Crippen molar-refractivity contribution in [1.82, 2.24) is 14.8 Å². The number of nitrogens with zero attached hydrogens (tertiary/aromatic N) is 3. The highest BCUT2D eigenvalue weighted by Gasteiger charge is 2.27. The molecule has 2 aromatic carbocycles. The molecule has 152 valence electrons. The highest BCUT2D eigenvalue weighted by Crippen LogP contribution is 2.32. The molecule has 1 saturated heterocycles. The minimum absolute atomic E-state index is 0.193. The van der Waals surface area contributed by atoms with E-state index < -0.39 is 0 Å². The molecule has 5 nitrogen and oxygen atoms in total. The molecule has 3 aromatic rings. The second-order valence-electron chi connectivity index (χ2n) is 7.60. The number of likely N-dealkylation sites (tertiary alicyclic amines) is 1. The van der Waals surface area contributed by atoms with Gasteiger partial charge in [-0.1, -0.05) is 30.3 Å². The van der Waals surface area contributed by atoms with Crippen molar-refractivity contribution < 1.29 is 9.53 Å². The third-order valence-electron chi connectivity index (χ3n) is 5.32. The molecule has 1 aromatic heterocycles. The highest BCUT2D eigenvalue weighted by atomic mass is 32.1. The summed E-state index contributed by atoms with van der Waals surface area (Å²) in [6, 6.07) is 18.0. The van der Waals surface area contributed by atoms with E-state index in [1.54, 1.807) is 11.3 Å². The molecule has 0 bridgehead atoms. The van der Waals surface area contributed by atoms with Crippen LogP contribution in [0.2, 0.25) is 0 Å². The molecule has 0 unspecified atom stereocenters. The number of aromatic nitrogens is 1. The summed E-state index contributed by atoms with van der Waals surface area (Å²) < 4.78 is 6.96. The first-order valence-electron chi connectivity index (χ1n) is 10.2. The van der Waals surface area contributed by atoms with Crippen LogP contribution in [0.25, 0.3) is 10.2 Å². The van der Waals surface area contributed by atoms with E-state index in [0.29, 0.717) is 19.1 Å². The van der Waals surface area contributed by atoms with Crippen molar-refractivity contribution in [3.8, 4) is 5.75 Å². The number of thiazole rings is 1. The number of hydrogen-bond acceptors (Lipinski definition) is 5. The second kappa shape index (κ2) is 9.37. The van der Waals surface area contributed by atoms with E-state index in [1.807, 2.05) is 53.2 Å². The minimum Gasteiger partial charge on any atom is -0.492 e. The van der Waals surface area contributed by atoms with E-state index in [9.17, 15) is 4.79 Å². The quantitative estimate of drug-likeness (QED) is 0.591. The summed E-state index contributed by atoms with van der Waals surface area (Å²) in [6.45, 7) is 3.32. The Labute approximate surface area is 175 Å². The van der Waals surface area contributed by atoms with Crippen LogP contribution >= 0.6 is 11.3 Å². The highest BCUT2D eigenvalue weighted by molar-refractivity contribution is 7.18. The van der Waals surface area contributed by atoms with Crippen molar-refractivity contribution in [1.29, 1.82) is 0 Å². The van der Waals surface area contributed by atoms with Crippen LogP contribution < -0.4 is 4.74 Å². The zero-order chi connectivity index (χ0) is 20.1. The number of carbonyl (C=O) groups is 1. The molecule has 6 heteroatoms. The van der Waals surface area contributed by atoms with Crippen LogP contribution in [-0.2, 0) is 4.79 Å². The topological polar surface area (TPSA) is 45.7 Å². The SMILES string of the molecule is CN(CCOc1ccccc1)CC(=O)N1CCC[C@@H](c2nc3ccccc3s2)C1. The lowest BCUT2D eigenvalue weighted by Crippen LogP contribution is -2.44. The average Bonchev–Trinajstić information content (AvgIpc) is 3.19. The lowest BCUT2D eigenvalue weighted by molar-refractivity contribution is -0.133. The van der Waals surface area contributed by atoms with E-state index >= 15 is 0 Å². The van der Waals surface area contributed by atoms with Gasteiger partial charge in [0.2, 0.25) is 5.91 Å². The van der Waals surface area contributed by atoms with Gasteiger partial charge < -0.3 is 9.64 Å². The van der Waals surface area contributed by atoms with Gasteiger partial charge in [0.1, 0.15) is 12.4 Å². The molecule has 0 saturated carbocycles. The largest absolute Gasteiger partial charge is 0.492 e. The van der Waals surface area contributed by atoms with Crippen LogP contribution in [0.5, 0.6) is 5.75 Å². The Hall–Kier alpha value is -2.44. The Morgan fingerprint density at radius 3 is 2.83 bits per heavy atom. The van der Waals surface area contributed by atoms with Gasteiger partial charge in [0.25, 0.3) is 0 Å². The number of carbonyl (C=O) groups excluding carboxylic acids is 1. The van der Waals surface area contributed by atoms with Crippen molar-refractivity contribution in [2.45, 2.75) is 18.8 Å². The van der Waals surface area contributed by atoms with E-state index in [1.165, 1.54) is 4.70 Å². The van der Waals surface area contributed by atoms with Crippen LogP contribution in [0.3, 0.4) is 0 Å². The summed E-state index contributed by atoms with van der Waals surface area (Å²) >= 11 is 1.76. The van der Waals surface area contributed by atoms with Gasteiger partial charge in [-0.25, -0.2) is 4.98 Å². The van der Waals surface area contributed by atoms with Crippen molar-refractivity contribution in [2.24, 2.45) is 0 Å². The molecule has 29 heavy (non-hydrogen) atoms. The maximum Gasteiger partial charge on any atom is 0.236 e. The van der Waals surface area contributed by atoms with Gasteiger partial charge in [-0.2, -0.15) is 0 Å². The first kappa shape index (κ1) is 19.9. The van der Waals surface area contributed by atoms with Crippen LogP contribution in [0.15, 0.2) is 54.6 Å². The summed E-state index contributed by atoms with van der Waals surface area (Å²) in [6.07, 6.45) is 2.14. The van der Waals surface area contributed by atoms with Gasteiger partial charge >= 0.3 is 0 Å². The zero-order valence-electron chi connectivity index (χ0n) is 16.8. The van der Waals surface area contributed by atoms with Crippen LogP contribution in [0.4, 0.5) is 0 Å². The van der Waals surface area contributed by atoms with Crippen molar-refractivity contribution >= 4 is 27.5 Å². The number of likely N-dealkylation sites (N-methyl/N-ethyl adjacent to an activating group) is 1. The predicted octanol–water partition coefficient (Wildman–Crippen LogP) is 4.01. The van der Waals surface area contributed by atoms with E-state index in [2.05, 4.69) is 18.2 Å². The first-order chi connectivity index (χ1) is 14.2. The predicted molar refractivity (Wildman–Crippen MR) is 118 cm³/mol. The average molecular weight is 410 g/mol. The first-order valence-corrected chi connectivity index (χ1v) is 11.0. The number of amides is 1. The molecule has 4 rings (SSSR count). The smallest absolute Gasteiger partial charge is 0.236 e. The van der Waals surface area contributed by atoms with Gasteiger partial charge in [-0.05, 0) is 44.2 Å². The maximum absolute atomic E-state index is 12.8. The fourth-order valence-corrected chi connectivity index (χ4v) is 4.81. The maximum atomic E-state index is 12.8. The second-order valence-corrected chi connectivity index (χ2v) is 8.66. The van der Waals surface area contributed by atoms with Crippen molar-refractivity contribution in [3.63, 3.8) is 0 Å². The third kappa shape index (κ3) is 5.14. The third-order valence-corrected chi connectivity index (χ3v) is 6.52. The molecule has 0 radical (unpaired) electrons. The number of ether oxygens (including phenoxy) is 1. The Bertz CT molecular complexity index is 910. The molecule has 0 N–H and O–H groups in total. The Morgan fingerprint density at radius 1 is 1.21 bits per heavy atom. The van der Waals surface area contributed by atoms with E-state index in [4.69, 9.17) is 9.72 Å². The fourth-order valence-electron chi connectivity index (χ4n) is 3.72. The molecule has 0 spiro atoms. The standard InChI is InChI=1S/C23H27N3O2S/c1-25(14-15-28-19-9-3-2-4-10-19)17-22(27)26-13-7-8-18(16-26)23-24-20-11-5-6-12-21(20)29-23/h2-6,9-12,18H,7-8,13-17H2,1H3/t18-/m1/s1. The Morgan fingerprint density at radius 2 is 2.00 bits per heavy atom. The number of fused-ring (bicyclic) bond motifs is 1. The summed E-state index contributed by atoms with van der Waals surface area (Å²) in [5, 5.41) is 1.16. The molecule has 2 heterocycles. The van der Waals surface area contributed by atoms with Crippen LogP contribution in [0.1, 0.15) is 23.8 Å². The van der Waals surface area contributed by atoms with Crippen LogP contribution in [-0.4, -0.2) is 60.5 Å². The van der Waals surface area contributed by atoms with Gasteiger partial charge in [0.05, 0.1) is 21.8 Å². The van der Waals surface area contributed by atoms with Crippen LogP contribution in [0, 0.1) is 0 Å². The molecule has 0 aliphatic carbocycles. The summed E-state index contributed by atoms with van der Waals surface area (Å²) in [5.74, 6) is 1.40. The number of rotatable bonds is 7. The monoisotopic (exact) mass is 409 g/mol. The fraction of sp³-hybridized carbons (Fsp3) is 0.391. The minimum atomic E-state index is 0.193. The number of hydrogen-bond donors (Lipinski definition) is 0.